The van der Waals surface area contributed by atoms with Crippen LogP contribution in [0.5, 0.6) is 5.88 Å². The molecule has 9 heteroatoms. The Labute approximate surface area is 150 Å². The molecule has 9 nitrogen and oxygen atoms in total. The molecule has 0 bridgehead atoms. The summed E-state index contributed by atoms with van der Waals surface area (Å²) in [5.74, 6) is 0.856. The molecule has 3 aromatic rings. The van der Waals surface area contributed by atoms with E-state index in [4.69, 9.17) is 4.74 Å². The molecule has 0 saturated carbocycles. The third-order valence-corrected chi connectivity index (χ3v) is 4.31. The maximum Gasteiger partial charge on any atom is 0.293 e. The summed E-state index contributed by atoms with van der Waals surface area (Å²) in [5, 5.41) is 12.1. The maximum absolute atomic E-state index is 12.8. The molecular formula is C17H19N7O2. The Bertz CT molecular complexity index is 941. The van der Waals surface area contributed by atoms with Crippen LogP contribution in [-0.4, -0.2) is 59.8 Å². The monoisotopic (exact) mass is 353 g/mol. The van der Waals surface area contributed by atoms with Crippen molar-refractivity contribution in [2.75, 3.05) is 13.1 Å². The van der Waals surface area contributed by atoms with Gasteiger partial charge >= 0.3 is 0 Å². The second kappa shape index (κ2) is 6.66. The van der Waals surface area contributed by atoms with Gasteiger partial charge in [0.15, 0.2) is 0 Å². The van der Waals surface area contributed by atoms with Crippen LogP contribution >= 0.6 is 0 Å². The molecule has 3 aromatic heterocycles. The first-order valence-corrected chi connectivity index (χ1v) is 8.55. The summed E-state index contributed by atoms with van der Waals surface area (Å²) >= 11 is 0. The molecule has 1 amide bonds. The first kappa shape index (κ1) is 16.4. The van der Waals surface area contributed by atoms with Crippen LogP contribution < -0.4 is 4.74 Å². The van der Waals surface area contributed by atoms with Crippen LogP contribution in [0.3, 0.4) is 0 Å². The number of aryl methyl sites for hydroxylation is 2. The quantitative estimate of drug-likeness (QED) is 0.698. The third-order valence-electron chi connectivity index (χ3n) is 4.31. The highest BCUT2D eigenvalue weighted by Gasteiger charge is 2.28. The summed E-state index contributed by atoms with van der Waals surface area (Å²) in [5.41, 5.74) is 1.73. The van der Waals surface area contributed by atoms with Crippen molar-refractivity contribution in [1.82, 2.24) is 34.7 Å². The minimum Gasteiger partial charge on any atom is -0.471 e. The van der Waals surface area contributed by atoms with Gasteiger partial charge in [-0.3, -0.25) is 4.79 Å². The van der Waals surface area contributed by atoms with Crippen LogP contribution in [0.2, 0.25) is 0 Å². The number of likely N-dealkylation sites (tertiary alicyclic amines) is 1. The molecule has 0 radical (unpaired) electrons. The molecule has 0 spiro atoms. The van der Waals surface area contributed by atoms with Crippen molar-refractivity contribution in [3.63, 3.8) is 0 Å². The number of aromatic nitrogens is 6. The van der Waals surface area contributed by atoms with Crippen molar-refractivity contribution >= 4 is 11.7 Å². The molecule has 4 rings (SSSR count). The number of ether oxygens (including phenoxy) is 1. The second-order valence-electron chi connectivity index (χ2n) is 6.38. The predicted octanol–water partition coefficient (Wildman–Crippen LogP) is 1.21. The van der Waals surface area contributed by atoms with Crippen molar-refractivity contribution in [3.8, 4) is 5.88 Å². The summed E-state index contributed by atoms with van der Waals surface area (Å²) in [4.78, 5) is 23.2. The summed E-state index contributed by atoms with van der Waals surface area (Å²) in [6, 6.07) is 5.43. The number of hydrogen-bond donors (Lipinski definition) is 0. The SMILES string of the molecule is Cc1cc(C)n2nc(C(=O)N3CCCC(Oc4cccnn4)C3)nc2n1. The molecule has 0 aliphatic carbocycles. The average Bonchev–Trinajstić information content (AvgIpc) is 3.06. The van der Waals surface area contributed by atoms with E-state index in [1.165, 1.54) is 0 Å². The van der Waals surface area contributed by atoms with Crippen molar-refractivity contribution in [1.29, 1.82) is 0 Å². The lowest BCUT2D eigenvalue weighted by molar-refractivity contribution is 0.0515. The molecule has 1 aliphatic rings. The molecule has 1 atom stereocenters. The van der Waals surface area contributed by atoms with E-state index in [1.807, 2.05) is 19.9 Å². The minimum atomic E-state index is -0.208. The van der Waals surface area contributed by atoms with Crippen LogP contribution in [0, 0.1) is 13.8 Å². The van der Waals surface area contributed by atoms with E-state index in [0.717, 1.165) is 24.2 Å². The number of rotatable bonds is 3. The molecule has 1 fully saturated rings. The van der Waals surface area contributed by atoms with E-state index in [0.29, 0.717) is 24.7 Å². The normalized spacial score (nSPS) is 17.5. The zero-order valence-corrected chi connectivity index (χ0v) is 14.7. The van der Waals surface area contributed by atoms with Gasteiger partial charge in [-0.25, -0.2) is 9.50 Å². The lowest BCUT2D eigenvalue weighted by atomic mass is 10.1. The fourth-order valence-electron chi connectivity index (χ4n) is 3.14. The molecule has 1 saturated heterocycles. The Morgan fingerprint density at radius 1 is 1.31 bits per heavy atom. The highest BCUT2D eigenvalue weighted by atomic mass is 16.5. The molecule has 4 heterocycles. The fraction of sp³-hybridized carbons (Fsp3) is 0.412. The minimum absolute atomic E-state index is 0.122. The van der Waals surface area contributed by atoms with E-state index in [2.05, 4.69) is 25.3 Å². The summed E-state index contributed by atoms with van der Waals surface area (Å²) < 4.78 is 7.43. The van der Waals surface area contributed by atoms with E-state index < -0.39 is 0 Å². The van der Waals surface area contributed by atoms with Crippen LogP contribution in [0.4, 0.5) is 0 Å². The first-order valence-electron chi connectivity index (χ1n) is 8.55. The van der Waals surface area contributed by atoms with Gasteiger partial charge in [0, 0.05) is 30.2 Å². The van der Waals surface area contributed by atoms with E-state index in [9.17, 15) is 4.79 Å². The van der Waals surface area contributed by atoms with Crippen LogP contribution in [0.1, 0.15) is 34.8 Å². The standard InChI is InChI=1S/C17H19N7O2/c1-11-9-12(2)24-17(19-11)20-15(22-24)16(25)23-8-4-5-13(10-23)26-14-6-3-7-18-21-14/h3,6-7,9,13H,4-5,8,10H2,1-2H3. The van der Waals surface area contributed by atoms with Gasteiger partial charge in [0.1, 0.15) is 6.10 Å². The van der Waals surface area contributed by atoms with Crippen molar-refractivity contribution in [2.45, 2.75) is 32.8 Å². The average molecular weight is 353 g/mol. The third kappa shape index (κ3) is 3.19. The second-order valence-corrected chi connectivity index (χ2v) is 6.38. The van der Waals surface area contributed by atoms with Gasteiger partial charge in [-0.05, 0) is 38.8 Å². The number of piperidine rings is 1. The summed E-state index contributed by atoms with van der Waals surface area (Å²) in [6.45, 7) is 4.93. The highest BCUT2D eigenvalue weighted by Crippen LogP contribution is 2.17. The van der Waals surface area contributed by atoms with Gasteiger partial charge < -0.3 is 9.64 Å². The lowest BCUT2D eigenvalue weighted by Gasteiger charge is -2.31. The molecule has 0 aromatic carbocycles. The van der Waals surface area contributed by atoms with Gasteiger partial charge in [0.2, 0.25) is 11.7 Å². The lowest BCUT2D eigenvalue weighted by Crippen LogP contribution is -2.44. The number of hydrogen-bond acceptors (Lipinski definition) is 7. The number of carbonyl (C=O) groups is 1. The van der Waals surface area contributed by atoms with Gasteiger partial charge in [-0.15, -0.1) is 10.2 Å². The Hall–Kier alpha value is -3.10. The molecule has 1 unspecified atom stereocenters. The molecule has 134 valence electrons. The van der Waals surface area contributed by atoms with Crippen molar-refractivity contribution in [3.05, 3.63) is 41.6 Å². The Morgan fingerprint density at radius 3 is 3.00 bits per heavy atom. The number of nitrogens with zero attached hydrogens (tertiary/aromatic N) is 7. The van der Waals surface area contributed by atoms with Crippen molar-refractivity contribution < 1.29 is 9.53 Å². The fourth-order valence-corrected chi connectivity index (χ4v) is 3.14. The van der Waals surface area contributed by atoms with Gasteiger partial charge in [-0.1, -0.05) is 0 Å². The topological polar surface area (TPSA) is 98.4 Å². The maximum atomic E-state index is 12.8. The van der Waals surface area contributed by atoms with E-state index in [-0.39, 0.29) is 17.8 Å². The number of amides is 1. The Balaban J connectivity index is 1.51. The van der Waals surface area contributed by atoms with Gasteiger partial charge in [0.05, 0.1) is 6.54 Å². The van der Waals surface area contributed by atoms with Gasteiger partial charge in [0.25, 0.3) is 11.7 Å². The first-order chi connectivity index (χ1) is 12.6. The van der Waals surface area contributed by atoms with Crippen LogP contribution in [0.25, 0.3) is 5.78 Å². The van der Waals surface area contributed by atoms with Crippen molar-refractivity contribution in [2.24, 2.45) is 0 Å². The molecular weight excluding hydrogens is 334 g/mol. The Morgan fingerprint density at radius 2 is 2.19 bits per heavy atom. The molecule has 0 N–H and O–H groups in total. The smallest absolute Gasteiger partial charge is 0.293 e. The summed E-state index contributed by atoms with van der Waals surface area (Å²) in [6.07, 6.45) is 3.18. The number of fused-ring (bicyclic) bond motifs is 1. The van der Waals surface area contributed by atoms with Crippen LogP contribution in [0.15, 0.2) is 24.4 Å². The van der Waals surface area contributed by atoms with Gasteiger partial charge in [-0.2, -0.15) is 10.1 Å². The Kier molecular flexibility index (Phi) is 4.19. The predicted molar refractivity (Wildman–Crippen MR) is 91.8 cm³/mol. The zero-order valence-electron chi connectivity index (χ0n) is 14.7. The van der Waals surface area contributed by atoms with E-state index >= 15 is 0 Å². The largest absolute Gasteiger partial charge is 0.471 e. The number of carbonyl (C=O) groups excluding carboxylic acids is 1. The van der Waals surface area contributed by atoms with Crippen LogP contribution in [-0.2, 0) is 0 Å². The molecule has 1 aliphatic heterocycles. The summed E-state index contributed by atoms with van der Waals surface area (Å²) in [7, 11) is 0. The zero-order chi connectivity index (χ0) is 18.1. The highest BCUT2D eigenvalue weighted by molar-refractivity contribution is 5.91. The van der Waals surface area contributed by atoms with E-state index in [1.54, 1.807) is 27.7 Å². The molecule has 26 heavy (non-hydrogen) atoms.